The minimum atomic E-state index is -0.353. The van der Waals surface area contributed by atoms with Crippen molar-refractivity contribution in [3.63, 3.8) is 0 Å². The first-order valence-electron chi connectivity index (χ1n) is 9.49. The van der Waals surface area contributed by atoms with E-state index in [1.165, 1.54) is 15.8 Å². The lowest BCUT2D eigenvalue weighted by Gasteiger charge is -2.20. The second-order valence-corrected chi connectivity index (χ2v) is 8.44. The summed E-state index contributed by atoms with van der Waals surface area (Å²) in [4.78, 5) is 25.2. The van der Waals surface area contributed by atoms with Crippen LogP contribution in [0, 0.1) is 20.8 Å². The molecule has 2 aromatic heterocycles. The maximum Gasteiger partial charge on any atom is 0.276 e. The minimum Gasteiger partial charge on any atom is -0.350 e. The van der Waals surface area contributed by atoms with Gasteiger partial charge in [0.2, 0.25) is 5.91 Å². The third-order valence-corrected chi connectivity index (χ3v) is 4.87. The van der Waals surface area contributed by atoms with E-state index in [0.717, 1.165) is 16.8 Å². The van der Waals surface area contributed by atoms with E-state index in [4.69, 9.17) is 0 Å². The van der Waals surface area contributed by atoms with E-state index in [2.05, 4.69) is 46.2 Å². The molecule has 0 aliphatic carbocycles. The molecule has 6 nitrogen and oxygen atoms in total. The quantitative estimate of drug-likeness (QED) is 0.756. The number of benzene rings is 1. The average Bonchev–Trinajstić information content (AvgIpc) is 2.83. The average molecular weight is 380 g/mol. The molecule has 0 aliphatic heterocycles. The molecule has 0 unspecified atom stereocenters. The molecular formula is C22H28N4O2. The highest BCUT2D eigenvalue weighted by atomic mass is 16.2. The van der Waals surface area contributed by atoms with Gasteiger partial charge in [-0.3, -0.25) is 9.59 Å². The maximum atomic E-state index is 13.0. The monoisotopic (exact) mass is 380 g/mol. The number of carbonyl (C=O) groups is 1. The molecule has 0 saturated carbocycles. The third-order valence-electron chi connectivity index (χ3n) is 4.87. The van der Waals surface area contributed by atoms with Crippen LogP contribution in [0.4, 0.5) is 0 Å². The second-order valence-electron chi connectivity index (χ2n) is 8.44. The van der Waals surface area contributed by atoms with E-state index in [0.29, 0.717) is 11.9 Å². The lowest BCUT2D eigenvalue weighted by Crippen LogP contribution is -2.43. The fourth-order valence-electron chi connectivity index (χ4n) is 3.46. The molecule has 28 heavy (non-hydrogen) atoms. The van der Waals surface area contributed by atoms with Crippen LogP contribution in [-0.2, 0) is 17.9 Å². The number of carbonyl (C=O) groups excluding carboxylic acids is 1. The number of amides is 1. The molecule has 0 fully saturated rings. The van der Waals surface area contributed by atoms with Crippen molar-refractivity contribution in [1.82, 2.24) is 19.7 Å². The van der Waals surface area contributed by atoms with Crippen LogP contribution < -0.4 is 10.9 Å². The molecule has 3 aromatic rings. The molecule has 1 aromatic carbocycles. The standard InChI is InChI=1S/C22H28N4O2/c1-14-7-9-17(10-8-14)12-25-15(2)18-11-23-26(21(28)20(18)16(25)3)13-19(27)24-22(4,5)6/h7-11H,12-13H2,1-6H3,(H,24,27). The molecule has 0 atom stereocenters. The summed E-state index contributed by atoms with van der Waals surface area (Å²) in [6.07, 6.45) is 1.69. The van der Waals surface area contributed by atoms with Crippen LogP contribution in [0.15, 0.2) is 35.3 Å². The zero-order valence-electron chi connectivity index (χ0n) is 17.5. The Hall–Kier alpha value is -2.89. The Labute approximate surface area is 165 Å². The first-order chi connectivity index (χ1) is 13.1. The Balaban J connectivity index is 1.99. The highest BCUT2D eigenvalue weighted by Gasteiger charge is 2.19. The van der Waals surface area contributed by atoms with Gasteiger partial charge in [-0.25, -0.2) is 4.68 Å². The number of nitrogens with zero attached hydrogens (tertiary/aromatic N) is 3. The zero-order valence-corrected chi connectivity index (χ0v) is 17.5. The summed E-state index contributed by atoms with van der Waals surface area (Å²) in [6, 6.07) is 8.38. The zero-order chi connectivity index (χ0) is 20.6. The van der Waals surface area contributed by atoms with Gasteiger partial charge in [0.05, 0.1) is 11.6 Å². The topological polar surface area (TPSA) is 68.9 Å². The second kappa shape index (κ2) is 7.26. The van der Waals surface area contributed by atoms with E-state index in [-0.39, 0.29) is 23.6 Å². The lowest BCUT2D eigenvalue weighted by molar-refractivity contribution is -0.123. The number of hydrogen-bond acceptors (Lipinski definition) is 3. The van der Waals surface area contributed by atoms with Crippen LogP contribution in [0.25, 0.3) is 10.8 Å². The summed E-state index contributed by atoms with van der Waals surface area (Å²) in [5.74, 6) is -0.227. The normalized spacial score (nSPS) is 11.8. The summed E-state index contributed by atoms with van der Waals surface area (Å²) >= 11 is 0. The highest BCUT2D eigenvalue weighted by Crippen LogP contribution is 2.23. The van der Waals surface area contributed by atoms with Gasteiger partial charge in [-0.2, -0.15) is 5.10 Å². The van der Waals surface area contributed by atoms with Crippen molar-refractivity contribution < 1.29 is 4.79 Å². The Morgan fingerprint density at radius 2 is 1.71 bits per heavy atom. The minimum absolute atomic E-state index is 0.0896. The number of hydrogen-bond donors (Lipinski definition) is 1. The number of aryl methyl sites for hydroxylation is 3. The van der Waals surface area contributed by atoms with Gasteiger partial charge in [0, 0.05) is 28.9 Å². The Kier molecular flexibility index (Phi) is 5.15. The van der Waals surface area contributed by atoms with Gasteiger partial charge >= 0.3 is 0 Å². The smallest absolute Gasteiger partial charge is 0.276 e. The molecule has 1 N–H and O–H groups in total. The number of nitrogens with one attached hydrogen (secondary N) is 1. The predicted molar refractivity (Wildman–Crippen MR) is 112 cm³/mol. The van der Waals surface area contributed by atoms with Crippen LogP contribution in [0.5, 0.6) is 0 Å². The predicted octanol–water partition coefficient (Wildman–Crippen LogP) is 3.09. The van der Waals surface area contributed by atoms with Crippen LogP contribution in [0.1, 0.15) is 43.3 Å². The van der Waals surface area contributed by atoms with Gasteiger partial charge in [0.15, 0.2) is 0 Å². The summed E-state index contributed by atoms with van der Waals surface area (Å²) < 4.78 is 3.38. The van der Waals surface area contributed by atoms with Crippen molar-refractivity contribution in [3.8, 4) is 0 Å². The van der Waals surface area contributed by atoms with Crippen LogP contribution in [0.3, 0.4) is 0 Å². The van der Waals surface area contributed by atoms with Gasteiger partial charge in [0.1, 0.15) is 6.54 Å². The largest absolute Gasteiger partial charge is 0.350 e. The molecule has 1 amide bonds. The molecule has 0 spiro atoms. The van der Waals surface area contributed by atoms with Crippen molar-refractivity contribution in [2.24, 2.45) is 0 Å². The van der Waals surface area contributed by atoms with Gasteiger partial charge in [-0.1, -0.05) is 29.8 Å². The number of fused-ring (bicyclic) bond motifs is 1. The SMILES string of the molecule is Cc1ccc(Cn2c(C)c3cnn(CC(=O)NC(C)(C)C)c(=O)c3c2C)cc1. The van der Waals surface area contributed by atoms with E-state index in [1.807, 2.05) is 34.6 Å². The molecular weight excluding hydrogens is 352 g/mol. The fraction of sp³-hybridized carbons (Fsp3) is 0.409. The molecule has 2 heterocycles. The highest BCUT2D eigenvalue weighted by molar-refractivity contribution is 5.87. The summed E-state index contributed by atoms with van der Waals surface area (Å²) in [5.41, 5.74) is 3.71. The van der Waals surface area contributed by atoms with Crippen molar-refractivity contribution in [3.05, 3.63) is 63.3 Å². The molecule has 6 heteroatoms. The van der Waals surface area contributed by atoms with Crippen LogP contribution in [-0.4, -0.2) is 25.8 Å². The number of rotatable bonds is 4. The Morgan fingerprint density at radius 1 is 1.07 bits per heavy atom. The molecule has 0 radical (unpaired) electrons. The van der Waals surface area contributed by atoms with Gasteiger partial charge in [-0.15, -0.1) is 0 Å². The molecule has 0 aliphatic rings. The third kappa shape index (κ3) is 4.01. The van der Waals surface area contributed by atoms with E-state index in [9.17, 15) is 9.59 Å². The van der Waals surface area contributed by atoms with Crippen molar-refractivity contribution in [2.45, 2.75) is 60.2 Å². The van der Waals surface area contributed by atoms with Gasteiger partial charge in [0.25, 0.3) is 5.56 Å². The number of aromatic nitrogens is 3. The van der Waals surface area contributed by atoms with Crippen LogP contribution in [0.2, 0.25) is 0 Å². The molecule has 0 saturated heterocycles. The van der Waals surface area contributed by atoms with Crippen LogP contribution >= 0.6 is 0 Å². The summed E-state index contributed by atoms with van der Waals surface area (Å²) in [6.45, 7) is 12.3. The summed E-state index contributed by atoms with van der Waals surface area (Å²) in [5, 5.41) is 8.57. The first kappa shape index (κ1) is 19.9. The van der Waals surface area contributed by atoms with E-state index < -0.39 is 0 Å². The molecule has 148 valence electrons. The first-order valence-corrected chi connectivity index (χ1v) is 9.49. The lowest BCUT2D eigenvalue weighted by atomic mass is 10.1. The molecule has 0 bridgehead atoms. The maximum absolute atomic E-state index is 13.0. The molecule has 3 rings (SSSR count). The van der Waals surface area contributed by atoms with Crippen molar-refractivity contribution in [2.75, 3.05) is 0 Å². The van der Waals surface area contributed by atoms with Crippen molar-refractivity contribution >= 4 is 16.7 Å². The Morgan fingerprint density at radius 3 is 2.32 bits per heavy atom. The Bertz CT molecular complexity index is 1080. The van der Waals surface area contributed by atoms with Crippen molar-refractivity contribution in [1.29, 1.82) is 0 Å². The van der Waals surface area contributed by atoms with Gasteiger partial charge in [-0.05, 0) is 47.1 Å². The van der Waals surface area contributed by atoms with E-state index in [1.54, 1.807) is 6.20 Å². The summed E-state index contributed by atoms with van der Waals surface area (Å²) in [7, 11) is 0. The van der Waals surface area contributed by atoms with Gasteiger partial charge < -0.3 is 9.88 Å². The fourth-order valence-corrected chi connectivity index (χ4v) is 3.46. The van der Waals surface area contributed by atoms with E-state index >= 15 is 0 Å².